The molecule has 1 aromatic carbocycles. The molecule has 0 aliphatic carbocycles. The summed E-state index contributed by atoms with van der Waals surface area (Å²) >= 11 is 3.28. The van der Waals surface area contributed by atoms with Crippen molar-refractivity contribution >= 4 is 26.0 Å². The number of likely N-dealkylation sites (N-methyl/N-ethyl adjacent to an activating group) is 1. The van der Waals surface area contributed by atoms with Crippen molar-refractivity contribution < 1.29 is 18.1 Å². The van der Waals surface area contributed by atoms with E-state index < -0.39 is 10.0 Å². The maximum Gasteiger partial charge on any atom is 0.244 e. The van der Waals surface area contributed by atoms with Crippen molar-refractivity contribution in [1.82, 2.24) is 4.72 Å². The van der Waals surface area contributed by atoms with Crippen LogP contribution in [0.3, 0.4) is 0 Å². The molecule has 19 heavy (non-hydrogen) atoms. The lowest BCUT2D eigenvalue weighted by atomic mass is 10.3. The molecule has 0 aliphatic rings. The summed E-state index contributed by atoms with van der Waals surface area (Å²) in [5, 5.41) is 0. The normalized spacial score (nSPS) is 11.8. The maximum atomic E-state index is 12.2. The van der Waals surface area contributed by atoms with Crippen molar-refractivity contribution in [3.05, 3.63) is 22.7 Å². The third-order valence-electron chi connectivity index (χ3n) is 2.41. The number of hydrogen-bond donors (Lipinski definition) is 2. The molecule has 0 spiro atoms. The van der Waals surface area contributed by atoms with Crippen LogP contribution >= 0.6 is 15.9 Å². The third kappa shape index (κ3) is 5.10. The largest absolute Gasteiger partial charge is 0.492 e. The third-order valence-corrected chi connectivity index (χ3v) is 4.39. The highest BCUT2D eigenvalue weighted by atomic mass is 79.9. The molecule has 0 aliphatic heterocycles. The van der Waals surface area contributed by atoms with Crippen LogP contribution in [-0.2, 0) is 10.0 Å². The molecule has 7 heteroatoms. The Labute approximate surface area is 123 Å². The Bertz CT molecular complexity index is 518. The Morgan fingerprint density at radius 3 is 2.63 bits per heavy atom. The average Bonchev–Trinajstić information content (AvgIpc) is 2.31. The monoisotopic (exact) mass is 351 g/mol. The molecule has 0 radical (unpaired) electrons. The van der Waals surface area contributed by atoms with Gasteiger partial charge in [0.1, 0.15) is 10.6 Å². The van der Waals surface area contributed by atoms with Crippen LogP contribution in [0.15, 0.2) is 27.6 Å². The Morgan fingerprint density at radius 2 is 2.05 bits per heavy atom. The van der Waals surface area contributed by atoms with E-state index >= 15 is 0 Å². The average molecular weight is 352 g/mol. The Balaban J connectivity index is 2.95. The zero-order valence-corrected chi connectivity index (χ0v) is 13.8. The van der Waals surface area contributed by atoms with E-state index in [0.29, 0.717) is 23.4 Å². The fraction of sp³-hybridized carbons (Fsp3) is 0.500. The van der Waals surface area contributed by atoms with Gasteiger partial charge >= 0.3 is 0 Å². The number of nitrogens with one attached hydrogen (secondary N) is 2. The van der Waals surface area contributed by atoms with Gasteiger partial charge in [0, 0.05) is 4.47 Å². The zero-order chi connectivity index (χ0) is 14.5. The van der Waals surface area contributed by atoms with Crippen molar-refractivity contribution in [2.45, 2.75) is 11.8 Å². The number of hydrogen-bond acceptors (Lipinski definition) is 3. The summed E-state index contributed by atoms with van der Waals surface area (Å²) in [5.41, 5.74) is 0. The van der Waals surface area contributed by atoms with Gasteiger partial charge in [0.2, 0.25) is 10.0 Å². The van der Waals surface area contributed by atoms with Crippen LogP contribution in [0.1, 0.15) is 6.92 Å². The number of quaternary nitrogens is 1. The molecule has 2 N–H and O–H groups in total. The second-order valence-electron chi connectivity index (χ2n) is 4.38. The van der Waals surface area contributed by atoms with E-state index in [1.54, 1.807) is 18.2 Å². The quantitative estimate of drug-likeness (QED) is 0.741. The first kappa shape index (κ1) is 16.4. The summed E-state index contributed by atoms with van der Waals surface area (Å²) in [6, 6.07) is 4.96. The van der Waals surface area contributed by atoms with E-state index in [0.717, 1.165) is 6.54 Å². The summed E-state index contributed by atoms with van der Waals surface area (Å²) in [6.45, 7) is 3.35. The van der Waals surface area contributed by atoms with Crippen LogP contribution < -0.4 is 14.4 Å². The van der Waals surface area contributed by atoms with Crippen LogP contribution in [-0.4, -0.2) is 42.2 Å². The van der Waals surface area contributed by atoms with E-state index in [2.05, 4.69) is 20.7 Å². The molecule has 0 saturated heterocycles. The summed E-state index contributed by atoms with van der Waals surface area (Å²) in [6.07, 6.45) is 0. The van der Waals surface area contributed by atoms with Crippen molar-refractivity contribution in [3.63, 3.8) is 0 Å². The minimum atomic E-state index is -3.55. The van der Waals surface area contributed by atoms with Gasteiger partial charge in [-0.25, -0.2) is 13.1 Å². The van der Waals surface area contributed by atoms with Gasteiger partial charge in [0.05, 0.1) is 33.8 Å². The van der Waals surface area contributed by atoms with Crippen LogP contribution in [0.5, 0.6) is 5.75 Å². The van der Waals surface area contributed by atoms with E-state index in [4.69, 9.17) is 4.74 Å². The summed E-state index contributed by atoms with van der Waals surface area (Å²) in [4.78, 5) is 1.35. The number of rotatable bonds is 7. The fourth-order valence-corrected chi connectivity index (χ4v) is 3.19. The molecule has 0 atom stereocenters. The lowest BCUT2D eigenvalue weighted by Crippen LogP contribution is -3.06. The summed E-state index contributed by atoms with van der Waals surface area (Å²) < 4.78 is 33.1. The molecule has 0 heterocycles. The van der Waals surface area contributed by atoms with Crippen LogP contribution in [0.25, 0.3) is 0 Å². The zero-order valence-electron chi connectivity index (χ0n) is 11.4. The molecule has 0 fully saturated rings. The second kappa shape index (κ2) is 7.23. The molecule has 0 aromatic heterocycles. The summed E-state index contributed by atoms with van der Waals surface area (Å²) in [5.74, 6) is 0.371. The SMILES string of the molecule is CCOc1ccc(Br)cc1S(=O)(=O)NCC[NH+](C)C. The first-order chi connectivity index (χ1) is 8.86. The van der Waals surface area contributed by atoms with Gasteiger partial charge in [-0.3, -0.25) is 0 Å². The number of sulfonamides is 1. The lowest BCUT2D eigenvalue weighted by molar-refractivity contribution is -0.856. The highest BCUT2D eigenvalue weighted by Crippen LogP contribution is 2.27. The molecule has 1 rings (SSSR count). The number of halogens is 1. The minimum absolute atomic E-state index is 0.164. The van der Waals surface area contributed by atoms with Crippen molar-refractivity contribution in [2.75, 3.05) is 33.8 Å². The van der Waals surface area contributed by atoms with Crippen molar-refractivity contribution in [3.8, 4) is 5.75 Å². The molecular formula is C12H20BrN2O3S+. The predicted octanol–water partition coefficient (Wildman–Crippen LogP) is 0.271. The summed E-state index contributed by atoms with van der Waals surface area (Å²) in [7, 11) is 0.393. The van der Waals surface area contributed by atoms with Gasteiger partial charge in [-0.05, 0) is 25.1 Å². The molecule has 1 aromatic rings. The minimum Gasteiger partial charge on any atom is -0.492 e. The molecule has 0 bridgehead atoms. The van der Waals surface area contributed by atoms with Crippen LogP contribution in [0.2, 0.25) is 0 Å². The fourth-order valence-electron chi connectivity index (χ4n) is 1.48. The highest BCUT2D eigenvalue weighted by Gasteiger charge is 2.20. The molecule has 0 unspecified atom stereocenters. The number of benzene rings is 1. The van der Waals surface area contributed by atoms with Crippen molar-refractivity contribution in [1.29, 1.82) is 0 Å². The van der Waals surface area contributed by atoms with Gasteiger partial charge in [-0.15, -0.1) is 0 Å². The predicted molar refractivity (Wildman–Crippen MR) is 78.2 cm³/mol. The Kier molecular flexibility index (Phi) is 6.25. The lowest BCUT2D eigenvalue weighted by Gasteiger charge is -2.13. The van der Waals surface area contributed by atoms with E-state index in [1.807, 2.05) is 21.0 Å². The molecule has 5 nitrogen and oxygen atoms in total. The van der Waals surface area contributed by atoms with Gasteiger partial charge < -0.3 is 9.64 Å². The standard InChI is InChI=1S/C12H19BrN2O3S/c1-4-18-11-6-5-10(13)9-12(11)19(16,17)14-7-8-15(2)3/h5-6,9,14H,4,7-8H2,1-3H3/p+1. The van der Waals surface area contributed by atoms with Crippen molar-refractivity contribution in [2.24, 2.45) is 0 Å². The molecule has 0 saturated carbocycles. The van der Waals surface area contributed by atoms with E-state index in [-0.39, 0.29) is 4.90 Å². The van der Waals surface area contributed by atoms with Gasteiger partial charge in [0.25, 0.3) is 0 Å². The van der Waals surface area contributed by atoms with Crippen LogP contribution in [0.4, 0.5) is 0 Å². The number of ether oxygens (including phenoxy) is 1. The first-order valence-corrected chi connectivity index (χ1v) is 8.35. The van der Waals surface area contributed by atoms with Gasteiger partial charge in [-0.1, -0.05) is 15.9 Å². The Morgan fingerprint density at radius 1 is 1.37 bits per heavy atom. The topological polar surface area (TPSA) is 59.8 Å². The van der Waals surface area contributed by atoms with E-state index in [1.165, 1.54) is 4.90 Å². The molecule has 108 valence electrons. The first-order valence-electron chi connectivity index (χ1n) is 6.08. The van der Waals surface area contributed by atoms with Gasteiger partial charge in [-0.2, -0.15) is 0 Å². The maximum absolute atomic E-state index is 12.2. The highest BCUT2D eigenvalue weighted by molar-refractivity contribution is 9.10. The molecular weight excluding hydrogens is 332 g/mol. The Hall–Kier alpha value is -0.630. The van der Waals surface area contributed by atoms with Crippen LogP contribution in [0, 0.1) is 0 Å². The molecule has 0 amide bonds. The second-order valence-corrected chi connectivity index (χ2v) is 7.03. The van der Waals surface area contributed by atoms with Gasteiger partial charge in [0.15, 0.2) is 0 Å². The smallest absolute Gasteiger partial charge is 0.244 e. The van der Waals surface area contributed by atoms with E-state index in [9.17, 15) is 8.42 Å².